The molecule has 2 fully saturated rings. The van der Waals surface area contributed by atoms with Crippen molar-refractivity contribution >= 4 is 11.9 Å². The van der Waals surface area contributed by atoms with Crippen molar-refractivity contribution in [3.05, 3.63) is 35.4 Å². The van der Waals surface area contributed by atoms with Gasteiger partial charge in [-0.3, -0.25) is 4.79 Å². The van der Waals surface area contributed by atoms with Crippen molar-refractivity contribution in [1.82, 2.24) is 14.7 Å². The lowest BCUT2D eigenvalue weighted by molar-refractivity contribution is -0.133. The second kappa shape index (κ2) is 9.52. The van der Waals surface area contributed by atoms with E-state index in [1.807, 2.05) is 17.0 Å². The average Bonchev–Trinajstić information content (AvgIpc) is 3.13. The number of hydrogen-bond acceptors (Lipinski definition) is 4. The van der Waals surface area contributed by atoms with Gasteiger partial charge in [-0.05, 0) is 69.9 Å². The van der Waals surface area contributed by atoms with Crippen LogP contribution in [0.25, 0.3) is 0 Å². The highest BCUT2D eigenvalue weighted by Gasteiger charge is 2.26. The molecule has 3 rings (SSSR count). The van der Waals surface area contributed by atoms with Crippen LogP contribution >= 0.6 is 0 Å². The summed E-state index contributed by atoms with van der Waals surface area (Å²) in [6.07, 6.45) is 4.66. The van der Waals surface area contributed by atoms with Gasteiger partial charge in [-0.2, -0.15) is 0 Å². The van der Waals surface area contributed by atoms with Crippen LogP contribution in [0.1, 0.15) is 41.6 Å². The minimum absolute atomic E-state index is 0.268. The molecular weight excluding hydrogens is 354 g/mol. The van der Waals surface area contributed by atoms with E-state index in [2.05, 4.69) is 23.9 Å². The number of aromatic carboxylic acids is 1. The zero-order valence-electron chi connectivity index (χ0n) is 17.1. The van der Waals surface area contributed by atoms with Gasteiger partial charge in [0.05, 0.1) is 5.56 Å². The fraction of sp³-hybridized carbons (Fsp3) is 0.636. The monoisotopic (exact) mass is 387 g/mol. The minimum atomic E-state index is -0.878. The lowest BCUT2D eigenvalue weighted by Gasteiger charge is -2.33. The molecule has 1 atom stereocenters. The molecule has 0 radical (unpaired) electrons. The van der Waals surface area contributed by atoms with Crippen LogP contribution in [0.2, 0.25) is 0 Å². The summed E-state index contributed by atoms with van der Waals surface area (Å²) in [6.45, 7) is 4.71. The molecule has 1 unspecified atom stereocenters. The normalized spacial score (nSPS) is 21.4. The van der Waals surface area contributed by atoms with Crippen LogP contribution in [0.4, 0.5) is 0 Å². The number of likely N-dealkylation sites (tertiary alicyclic amines) is 2. The van der Waals surface area contributed by atoms with Crippen molar-refractivity contribution in [1.29, 1.82) is 0 Å². The topological polar surface area (TPSA) is 64.1 Å². The first-order chi connectivity index (χ1) is 13.4. The molecule has 2 heterocycles. The van der Waals surface area contributed by atoms with Gasteiger partial charge in [0.15, 0.2) is 0 Å². The first-order valence-electron chi connectivity index (χ1n) is 10.4. The van der Waals surface area contributed by atoms with Gasteiger partial charge in [0, 0.05) is 38.6 Å². The maximum atomic E-state index is 12.6. The SMILES string of the molecule is CN1CCC(N(C)CCC(=O)N2CCC(Cc3cccc(C(=O)O)c3)CC2)C1. The number of benzene rings is 1. The molecule has 1 amide bonds. The van der Waals surface area contributed by atoms with E-state index in [4.69, 9.17) is 5.11 Å². The lowest BCUT2D eigenvalue weighted by Crippen LogP contribution is -2.41. The molecule has 0 aliphatic carbocycles. The second-order valence-corrected chi connectivity index (χ2v) is 8.47. The summed E-state index contributed by atoms with van der Waals surface area (Å²) in [5, 5.41) is 9.13. The first kappa shape index (κ1) is 20.8. The fourth-order valence-corrected chi connectivity index (χ4v) is 4.44. The van der Waals surface area contributed by atoms with Gasteiger partial charge in [-0.1, -0.05) is 12.1 Å². The van der Waals surface area contributed by atoms with Gasteiger partial charge < -0.3 is 19.8 Å². The number of amides is 1. The Morgan fingerprint density at radius 2 is 1.93 bits per heavy atom. The van der Waals surface area contributed by atoms with Crippen LogP contribution in [0, 0.1) is 5.92 Å². The molecule has 1 aromatic carbocycles. The smallest absolute Gasteiger partial charge is 0.335 e. The number of carboxylic acid groups (broad SMARTS) is 1. The third kappa shape index (κ3) is 5.55. The number of piperidine rings is 1. The van der Waals surface area contributed by atoms with E-state index < -0.39 is 5.97 Å². The Labute approximate surface area is 168 Å². The Kier molecular flexibility index (Phi) is 7.08. The van der Waals surface area contributed by atoms with E-state index in [0.29, 0.717) is 23.9 Å². The Hall–Kier alpha value is -1.92. The third-order valence-corrected chi connectivity index (χ3v) is 6.33. The minimum Gasteiger partial charge on any atom is -0.478 e. The highest BCUT2D eigenvalue weighted by atomic mass is 16.4. The van der Waals surface area contributed by atoms with Crippen molar-refractivity contribution in [2.45, 2.75) is 38.1 Å². The molecule has 2 saturated heterocycles. The first-order valence-corrected chi connectivity index (χ1v) is 10.4. The number of carbonyl (C=O) groups is 2. The summed E-state index contributed by atoms with van der Waals surface area (Å²) in [5.41, 5.74) is 1.43. The van der Waals surface area contributed by atoms with Crippen LogP contribution in [0.5, 0.6) is 0 Å². The molecule has 1 N–H and O–H groups in total. The van der Waals surface area contributed by atoms with Crippen molar-refractivity contribution in [2.24, 2.45) is 5.92 Å². The molecule has 0 spiro atoms. The number of nitrogens with zero attached hydrogens (tertiary/aromatic N) is 3. The third-order valence-electron chi connectivity index (χ3n) is 6.33. The Bertz CT molecular complexity index is 685. The number of hydrogen-bond donors (Lipinski definition) is 1. The van der Waals surface area contributed by atoms with Crippen LogP contribution in [0.15, 0.2) is 24.3 Å². The summed E-state index contributed by atoms with van der Waals surface area (Å²) in [6, 6.07) is 7.80. The standard InChI is InChI=1S/C22H33N3O3/c1-23-10-8-20(16-23)24(2)11-9-21(26)25-12-6-17(7-13-25)14-18-4-3-5-19(15-18)22(27)28/h3-5,15,17,20H,6-14,16H2,1-2H3,(H,27,28). The average molecular weight is 388 g/mol. The molecule has 2 aliphatic heterocycles. The molecule has 1 aromatic rings. The highest BCUT2D eigenvalue weighted by molar-refractivity contribution is 5.87. The summed E-state index contributed by atoms with van der Waals surface area (Å²) in [7, 11) is 4.29. The van der Waals surface area contributed by atoms with E-state index in [0.717, 1.165) is 57.5 Å². The number of carbonyl (C=O) groups excluding carboxylic acids is 1. The number of likely N-dealkylation sites (N-methyl/N-ethyl adjacent to an activating group) is 2. The summed E-state index contributed by atoms with van der Waals surface area (Å²) >= 11 is 0. The zero-order valence-corrected chi connectivity index (χ0v) is 17.1. The summed E-state index contributed by atoms with van der Waals surface area (Å²) < 4.78 is 0. The number of rotatable bonds is 7. The second-order valence-electron chi connectivity index (χ2n) is 8.47. The Balaban J connectivity index is 1.40. The molecular formula is C22H33N3O3. The lowest BCUT2D eigenvalue weighted by atomic mass is 9.89. The molecule has 6 nitrogen and oxygen atoms in total. The molecule has 0 aromatic heterocycles. The van der Waals surface area contributed by atoms with E-state index in [9.17, 15) is 9.59 Å². The summed E-state index contributed by atoms with van der Waals surface area (Å²) in [4.78, 5) is 30.4. The Morgan fingerprint density at radius 1 is 1.18 bits per heavy atom. The maximum Gasteiger partial charge on any atom is 0.335 e. The maximum absolute atomic E-state index is 12.6. The van der Waals surface area contributed by atoms with Gasteiger partial charge in [0.2, 0.25) is 5.91 Å². The van der Waals surface area contributed by atoms with Gasteiger partial charge in [0.1, 0.15) is 0 Å². The van der Waals surface area contributed by atoms with Crippen molar-refractivity contribution in [3.63, 3.8) is 0 Å². The van der Waals surface area contributed by atoms with E-state index in [1.165, 1.54) is 6.42 Å². The predicted molar refractivity (Wildman–Crippen MR) is 110 cm³/mol. The van der Waals surface area contributed by atoms with Gasteiger partial charge in [0.25, 0.3) is 0 Å². The van der Waals surface area contributed by atoms with E-state index >= 15 is 0 Å². The van der Waals surface area contributed by atoms with Crippen LogP contribution in [-0.2, 0) is 11.2 Å². The molecule has 28 heavy (non-hydrogen) atoms. The molecule has 0 bridgehead atoms. The van der Waals surface area contributed by atoms with Crippen LogP contribution < -0.4 is 0 Å². The molecule has 154 valence electrons. The Morgan fingerprint density at radius 3 is 2.57 bits per heavy atom. The predicted octanol–water partition coefficient (Wildman–Crippen LogP) is 2.19. The van der Waals surface area contributed by atoms with Crippen LogP contribution in [0.3, 0.4) is 0 Å². The number of carboxylic acids is 1. The van der Waals surface area contributed by atoms with Crippen molar-refractivity contribution in [2.75, 3.05) is 46.8 Å². The zero-order chi connectivity index (χ0) is 20.1. The summed E-state index contributed by atoms with van der Waals surface area (Å²) in [5.74, 6) is -0.0918. The van der Waals surface area contributed by atoms with E-state index in [1.54, 1.807) is 12.1 Å². The van der Waals surface area contributed by atoms with Crippen molar-refractivity contribution < 1.29 is 14.7 Å². The van der Waals surface area contributed by atoms with Gasteiger partial charge in [-0.15, -0.1) is 0 Å². The quantitative estimate of drug-likeness (QED) is 0.777. The molecule has 0 saturated carbocycles. The molecule has 2 aliphatic rings. The molecule has 6 heteroatoms. The fourth-order valence-electron chi connectivity index (χ4n) is 4.44. The highest BCUT2D eigenvalue weighted by Crippen LogP contribution is 2.23. The van der Waals surface area contributed by atoms with E-state index in [-0.39, 0.29) is 5.91 Å². The largest absolute Gasteiger partial charge is 0.478 e. The van der Waals surface area contributed by atoms with Gasteiger partial charge >= 0.3 is 5.97 Å². The van der Waals surface area contributed by atoms with Crippen LogP contribution in [-0.4, -0.2) is 84.5 Å². The van der Waals surface area contributed by atoms with Crippen molar-refractivity contribution in [3.8, 4) is 0 Å². The van der Waals surface area contributed by atoms with Gasteiger partial charge in [-0.25, -0.2) is 4.79 Å².